The fourth-order valence-corrected chi connectivity index (χ4v) is 36.5. The Labute approximate surface area is 613 Å². The van der Waals surface area contributed by atoms with Crippen molar-refractivity contribution in [3.05, 3.63) is 0 Å². The fraction of sp³-hybridized carbons (Fsp3) is 1.00. The molecule has 19 fully saturated rings. The zero-order valence-corrected chi connectivity index (χ0v) is 65.6. The lowest BCUT2D eigenvalue weighted by Crippen LogP contribution is -2.77. The van der Waals surface area contributed by atoms with E-state index in [-0.39, 0.29) is 0 Å². The minimum atomic E-state index is 0.363. The lowest BCUT2D eigenvalue weighted by atomic mass is 9.17. The molecule has 0 radical (unpaired) electrons. The predicted molar refractivity (Wildman–Crippen MR) is 418 cm³/mol. The zero-order chi connectivity index (χ0) is 65.9. The Hall–Kier alpha value is -0.0151. The van der Waals surface area contributed by atoms with E-state index in [1.807, 2.05) is 0 Å². The van der Waals surface area contributed by atoms with Crippen molar-refractivity contribution in [3.8, 4) is 0 Å². The van der Waals surface area contributed by atoms with Crippen LogP contribution in [-0.2, 0) is 0 Å². The summed E-state index contributed by atoms with van der Waals surface area (Å²) in [5.41, 5.74) is 0.363. The maximum Gasteiger partial charge on any atom is 0.156 e. The molecular weight excluding hydrogens is 1190 g/mol. The van der Waals surface area contributed by atoms with Gasteiger partial charge in [0, 0.05) is 36.3 Å². The second-order valence-electron chi connectivity index (χ2n) is 44.5. The molecule has 19 rings (SSSR count). The highest BCUT2D eigenvalue weighted by atomic mass is 15.3. The maximum absolute atomic E-state index is 4.01. The molecule has 23 atom stereocenters. The quantitative estimate of drug-likeness (QED) is 0.201. The zero-order valence-electron chi connectivity index (χ0n) is 65.6. The molecule has 19 aliphatic rings. The Kier molecular flexibility index (Phi) is 21.1. The molecule has 0 aromatic heterocycles. The number of hydrogen-bond acceptors (Lipinski definition) is 2. The molecule has 0 bridgehead atoms. The van der Waals surface area contributed by atoms with E-state index in [1.165, 1.54) is 6.42 Å². The highest BCUT2D eigenvalue weighted by Gasteiger charge is 2.70. The van der Waals surface area contributed by atoms with Gasteiger partial charge in [0.15, 0.2) is 6.71 Å². The third-order valence-electron chi connectivity index (χ3n) is 40.0. The second kappa shape index (κ2) is 30.1. The lowest BCUT2D eigenvalue weighted by Gasteiger charge is -2.73. The van der Waals surface area contributed by atoms with Gasteiger partial charge in [-0.1, -0.05) is 297 Å². The molecule has 0 amide bonds. The first-order valence-corrected chi connectivity index (χ1v) is 48.3. The van der Waals surface area contributed by atoms with Crippen molar-refractivity contribution in [2.75, 3.05) is 0 Å². The molecule has 2 aliphatic heterocycles. The molecular formula is C96H159BN2. The van der Waals surface area contributed by atoms with Gasteiger partial charge in [-0.15, -0.1) is 0 Å². The highest BCUT2D eigenvalue weighted by Crippen LogP contribution is 2.72. The third kappa shape index (κ3) is 13.1. The average molecular weight is 1350 g/mol. The second-order valence-corrected chi connectivity index (χ2v) is 44.5. The van der Waals surface area contributed by atoms with E-state index < -0.39 is 0 Å². The van der Waals surface area contributed by atoms with Crippen molar-refractivity contribution in [1.82, 2.24) is 9.80 Å². The van der Waals surface area contributed by atoms with E-state index in [0.717, 1.165) is 208 Å². The highest BCUT2D eigenvalue weighted by molar-refractivity contribution is 6.65. The minimum Gasteiger partial charge on any atom is -0.295 e. The molecule has 99 heavy (non-hydrogen) atoms. The topological polar surface area (TPSA) is 6.48 Å². The largest absolute Gasteiger partial charge is 0.295 e. The van der Waals surface area contributed by atoms with E-state index in [1.54, 1.807) is 366 Å². The van der Waals surface area contributed by atoms with Crippen molar-refractivity contribution in [2.24, 2.45) is 153 Å². The minimum absolute atomic E-state index is 0.363. The van der Waals surface area contributed by atoms with E-state index in [2.05, 4.69) is 30.6 Å². The maximum atomic E-state index is 4.01. The molecule has 2 heterocycles. The van der Waals surface area contributed by atoms with E-state index in [4.69, 9.17) is 0 Å². The fourth-order valence-electron chi connectivity index (χ4n) is 36.5. The van der Waals surface area contributed by atoms with Crippen LogP contribution in [0.4, 0.5) is 0 Å². The number of hydrogen-bond donors (Lipinski definition) is 0. The van der Waals surface area contributed by atoms with Gasteiger partial charge in [-0.05, 0) is 267 Å². The van der Waals surface area contributed by atoms with E-state index >= 15 is 0 Å². The standard InChI is InChI=1S/C96H159BN2/c1-96(2,3)75-60-88-93-89(61-75)99(95-82(67-38-21-9-22-39-67)56-74(64-32-15-6-16-33-64)57-83(95)68-40-23-10-24-41-68)87-53-50-72(76-51-48-70-44-26-46-78-77-45-25-42-69-43-27-47-79(90(69)77)92(76)91(70)78)59-85(87)97(93)84-58-71(62-28-11-4-12-29-62)49-52-86(84)98(88)94-80(65-34-17-7-18-35-65)54-73(63-30-13-5-14-31-63)55-81(94)66-36-19-8-20-37-66/h62-95H,4-61H2,1-3H3. The normalized spacial score (nSPS) is 49.4. The number of fused-ring (bicyclic) bond motifs is 6. The van der Waals surface area contributed by atoms with Gasteiger partial charge in [0.25, 0.3) is 0 Å². The van der Waals surface area contributed by atoms with Crippen LogP contribution in [0.15, 0.2) is 0 Å². The summed E-state index contributed by atoms with van der Waals surface area (Å²) in [5.74, 6) is 28.9. The molecule has 2 saturated heterocycles. The Morgan fingerprint density at radius 3 is 0.960 bits per heavy atom. The summed E-state index contributed by atoms with van der Waals surface area (Å²) in [6.45, 7) is 9.58. The van der Waals surface area contributed by atoms with Gasteiger partial charge in [0.2, 0.25) is 0 Å². The summed E-state index contributed by atoms with van der Waals surface area (Å²) in [6, 6.07) is 5.20. The average Bonchev–Trinajstić information content (AvgIpc) is 0.689. The molecule has 17 aliphatic carbocycles. The van der Waals surface area contributed by atoms with Crippen LogP contribution in [0.2, 0.25) is 17.5 Å². The number of nitrogens with zero attached hydrogens (tertiary/aromatic N) is 2. The first-order chi connectivity index (χ1) is 48.8. The van der Waals surface area contributed by atoms with Crippen LogP contribution in [0.1, 0.15) is 393 Å². The molecule has 0 aromatic carbocycles. The molecule has 0 spiro atoms. The molecule has 3 heteroatoms. The Balaban J connectivity index is 0.791. The molecule has 17 saturated carbocycles. The molecule has 556 valence electrons. The molecule has 23 unspecified atom stereocenters. The van der Waals surface area contributed by atoms with Gasteiger partial charge in [0.1, 0.15) is 0 Å². The summed E-state index contributed by atoms with van der Waals surface area (Å²) in [6.07, 6.45) is 92.9. The van der Waals surface area contributed by atoms with Crippen LogP contribution < -0.4 is 0 Å². The first kappa shape index (κ1) is 69.4. The summed E-state index contributed by atoms with van der Waals surface area (Å²) in [7, 11) is 0. The summed E-state index contributed by atoms with van der Waals surface area (Å²) in [5, 5.41) is 0. The molecule has 0 N–H and O–H groups in total. The van der Waals surface area contributed by atoms with Gasteiger partial charge in [-0.2, -0.15) is 0 Å². The van der Waals surface area contributed by atoms with Gasteiger partial charge in [0.05, 0.1) is 0 Å². The van der Waals surface area contributed by atoms with Crippen LogP contribution in [0.3, 0.4) is 0 Å². The first-order valence-electron chi connectivity index (χ1n) is 48.3. The van der Waals surface area contributed by atoms with Crippen LogP contribution in [0, 0.1) is 153 Å². The van der Waals surface area contributed by atoms with Crippen molar-refractivity contribution < 1.29 is 0 Å². The third-order valence-corrected chi connectivity index (χ3v) is 40.0. The lowest BCUT2D eigenvalue weighted by molar-refractivity contribution is -0.169. The predicted octanol–water partition coefficient (Wildman–Crippen LogP) is 26.7. The molecule has 0 aromatic rings. The Morgan fingerprint density at radius 1 is 0.212 bits per heavy atom. The van der Waals surface area contributed by atoms with Gasteiger partial charge < -0.3 is 0 Å². The van der Waals surface area contributed by atoms with Gasteiger partial charge in [-0.25, -0.2) is 0 Å². The van der Waals surface area contributed by atoms with Crippen molar-refractivity contribution >= 4 is 6.71 Å². The monoisotopic (exact) mass is 1350 g/mol. The Bertz CT molecular complexity index is 2510. The van der Waals surface area contributed by atoms with Gasteiger partial charge in [-0.3, -0.25) is 9.80 Å². The Morgan fingerprint density at radius 2 is 0.545 bits per heavy atom. The van der Waals surface area contributed by atoms with Crippen LogP contribution in [0.25, 0.3) is 0 Å². The number of rotatable bonds is 10. The van der Waals surface area contributed by atoms with E-state index in [9.17, 15) is 0 Å². The van der Waals surface area contributed by atoms with Crippen molar-refractivity contribution in [2.45, 2.75) is 447 Å². The van der Waals surface area contributed by atoms with Gasteiger partial charge >= 0.3 is 0 Å². The van der Waals surface area contributed by atoms with Crippen LogP contribution >= 0.6 is 0 Å². The smallest absolute Gasteiger partial charge is 0.156 e. The summed E-state index contributed by atoms with van der Waals surface area (Å²) >= 11 is 0. The van der Waals surface area contributed by atoms with E-state index in [0.29, 0.717) is 5.41 Å². The molecule has 2 nitrogen and oxygen atoms in total. The van der Waals surface area contributed by atoms with Crippen LogP contribution in [-0.4, -0.2) is 52.8 Å². The summed E-state index contributed by atoms with van der Waals surface area (Å²) in [4.78, 5) is 7.99. The SMILES string of the molecule is CC(C)(C)C1CC2C3B(C4CC(C5CCCCC5)CCC4N2C2C(C4CCCCC4)CC(C4CCCCC4)CC2C2CCCCC2)C2CC(C4CCC5CCCC6C7CCCC8CCCC(C87)C4C56)CCC2N(C2C(C4CCCCC4)CC(C4CCCCC4)CC2C2CCCCC2)C3C1. The van der Waals surface area contributed by atoms with Crippen molar-refractivity contribution in [1.29, 1.82) is 0 Å². The summed E-state index contributed by atoms with van der Waals surface area (Å²) < 4.78 is 0. The van der Waals surface area contributed by atoms with Crippen molar-refractivity contribution in [3.63, 3.8) is 0 Å². The van der Waals surface area contributed by atoms with Crippen LogP contribution in [0.5, 0.6) is 0 Å².